The lowest BCUT2D eigenvalue weighted by Gasteiger charge is -2.28. The van der Waals surface area contributed by atoms with E-state index in [1.807, 2.05) is 0 Å². The minimum Gasteiger partial charge on any atom is -0.228 e. The third-order valence-corrected chi connectivity index (χ3v) is 6.30. The zero-order valence-electron chi connectivity index (χ0n) is 10.4. The van der Waals surface area contributed by atoms with E-state index in [9.17, 15) is 8.42 Å². The van der Waals surface area contributed by atoms with Crippen molar-refractivity contribution in [2.45, 2.75) is 58.1 Å². The van der Waals surface area contributed by atoms with Gasteiger partial charge >= 0.3 is 0 Å². The Balaban J connectivity index is 2.56. The van der Waals surface area contributed by atoms with Crippen molar-refractivity contribution in [2.75, 3.05) is 5.75 Å². The number of hydrogen-bond donors (Lipinski definition) is 0. The van der Waals surface area contributed by atoms with Crippen molar-refractivity contribution in [3.8, 4) is 0 Å². The summed E-state index contributed by atoms with van der Waals surface area (Å²) in [4.78, 5) is 0. The van der Waals surface area contributed by atoms with Gasteiger partial charge in [0, 0.05) is 0 Å². The monoisotopic (exact) mass is 232 g/mol. The Morgan fingerprint density at radius 1 is 1.07 bits per heavy atom. The Morgan fingerprint density at radius 2 is 1.53 bits per heavy atom. The largest absolute Gasteiger partial charge is 0.228 e. The third kappa shape index (κ3) is 3.47. The van der Waals surface area contributed by atoms with Crippen LogP contribution in [-0.2, 0) is 9.84 Å². The van der Waals surface area contributed by atoms with Gasteiger partial charge < -0.3 is 0 Å². The predicted octanol–water partition coefficient (Wildman–Crippen LogP) is 3.03. The maximum atomic E-state index is 12.0. The standard InChI is InChI=1S/C12H24O2S/c1-10-5-7-11(8-6-10)9-15(13,14)12(2,3)4/h10-11H,5-9H2,1-4H3. The summed E-state index contributed by atoms with van der Waals surface area (Å²) in [5.74, 6) is 1.59. The van der Waals surface area contributed by atoms with Crippen molar-refractivity contribution < 1.29 is 8.42 Å². The van der Waals surface area contributed by atoms with Crippen LogP contribution in [0.25, 0.3) is 0 Å². The fourth-order valence-electron chi connectivity index (χ4n) is 2.06. The maximum absolute atomic E-state index is 12.0. The molecule has 0 saturated heterocycles. The van der Waals surface area contributed by atoms with Crippen LogP contribution in [0, 0.1) is 11.8 Å². The lowest BCUT2D eigenvalue weighted by Crippen LogP contribution is -2.34. The van der Waals surface area contributed by atoms with E-state index in [2.05, 4.69) is 6.92 Å². The lowest BCUT2D eigenvalue weighted by molar-refractivity contribution is 0.308. The van der Waals surface area contributed by atoms with E-state index in [1.165, 1.54) is 12.8 Å². The van der Waals surface area contributed by atoms with Crippen LogP contribution in [0.2, 0.25) is 0 Å². The minimum atomic E-state index is -2.91. The van der Waals surface area contributed by atoms with Crippen molar-refractivity contribution in [1.82, 2.24) is 0 Å². The molecule has 0 aliphatic heterocycles. The van der Waals surface area contributed by atoms with Crippen molar-refractivity contribution in [1.29, 1.82) is 0 Å². The van der Waals surface area contributed by atoms with Crippen LogP contribution >= 0.6 is 0 Å². The molecule has 0 aromatic heterocycles. The first-order valence-electron chi connectivity index (χ1n) is 5.94. The Kier molecular flexibility index (Phi) is 3.85. The van der Waals surface area contributed by atoms with Crippen LogP contribution in [-0.4, -0.2) is 18.9 Å². The van der Waals surface area contributed by atoms with Gasteiger partial charge in [0.15, 0.2) is 9.84 Å². The molecule has 0 aromatic carbocycles. The molecule has 0 radical (unpaired) electrons. The predicted molar refractivity (Wildman–Crippen MR) is 64.7 cm³/mol. The molecule has 0 aromatic rings. The molecule has 1 fully saturated rings. The second-order valence-electron chi connectivity index (χ2n) is 6.02. The molecule has 1 rings (SSSR count). The molecule has 1 saturated carbocycles. The highest BCUT2D eigenvalue weighted by atomic mass is 32.2. The van der Waals surface area contributed by atoms with Gasteiger partial charge in [0.25, 0.3) is 0 Å². The van der Waals surface area contributed by atoms with E-state index in [0.717, 1.165) is 18.8 Å². The van der Waals surface area contributed by atoms with Gasteiger partial charge in [0.05, 0.1) is 10.5 Å². The molecule has 0 amide bonds. The maximum Gasteiger partial charge on any atom is 0.155 e. The topological polar surface area (TPSA) is 34.1 Å². The molecule has 1 aliphatic carbocycles. The molecule has 0 heterocycles. The highest BCUT2D eigenvalue weighted by Gasteiger charge is 2.32. The van der Waals surface area contributed by atoms with E-state index in [-0.39, 0.29) is 0 Å². The van der Waals surface area contributed by atoms with E-state index in [0.29, 0.717) is 11.7 Å². The molecule has 0 unspecified atom stereocenters. The molecule has 90 valence electrons. The van der Waals surface area contributed by atoms with E-state index < -0.39 is 14.6 Å². The second kappa shape index (κ2) is 4.44. The van der Waals surface area contributed by atoms with Gasteiger partial charge in [-0.25, -0.2) is 8.42 Å². The Bertz CT molecular complexity index is 290. The molecule has 0 spiro atoms. The van der Waals surface area contributed by atoms with Gasteiger partial charge in [0.1, 0.15) is 0 Å². The molecule has 1 aliphatic rings. The smallest absolute Gasteiger partial charge is 0.155 e. The summed E-state index contributed by atoms with van der Waals surface area (Å²) in [5.41, 5.74) is 0. The fourth-order valence-corrected chi connectivity index (χ4v) is 3.51. The van der Waals surface area contributed by atoms with Crippen LogP contribution in [0.3, 0.4) is 0 Å². The van der Waals surface area contributed by atoms with E-state index in [4.69, 9.17) is 0 Å². The van der Waals surface area contributed by atoms with Gasteiger partial charge in [-0.2, -0.15) is 0 Å². The van der Waals surface area contributed by atoms with Crippen LogP contribution in [0.5, 0.6) is 0 Å². The number of hydrogen-bond acceptors (Lipinski definition) is 2. The first kappa shape index (κ1) is 13.0. The first-order valence-corrected chi connectivity index (χ1v) is 7.60. The summed E-state index contributed by atoms with van der Waals surface area (Å²) >= 11 is 0. The zero-order chi connectivity index (χ0) is 11.7. The lowest BCUT2D eigenvalue weighted by atomic mass is 9.84. The average molecular weight is 232 g/mol. The molecular weight excluding hydrogens is 208 g/mol. The van der Waals surface area contributed by atoms with Crippen molar-refractivity contribution in [3.63, 3.8) is 0 Å². The molecule has 0 bridgehead atoms. The van der Waals surface area contributed by atoms with Crippen LogP contribution in [0.15, 0.2) is 0 Å². The summed E-state index contributed by atoms with van der Waals surface area (Å²) < 4.78 is 23.4. The Morgan fingerprint density at radius 3 is 1.93 bits per heavy atom. The van der Waals surface area contributed by atoms with Crippen molar-refractivity contribution >= 4 is 9.84 Å². The summed E-state index contributed by atoms with van der Waals surface area (Å²) in [6.45, 7) is 7.66. The number of sulfone groups is 1. The molecular formula is C12H24O2S. The summed E-state index contributed by atoms with van der Waals surface area (Å²) in [6, 6.07) is 0. The quantitative estimate of drug-likeness (QED) is 0.733. The minimum absolute atomic E-state index is 0.392. The van der Waals surface area contributed by atoms with Gasteiger partial charge in [-0.15, -0.1) is 0 Å². The normalized spacial score (nSPS) is 29.1. The van der Waals surface area contributed by atoms with E-state index >= 15 is 0 Å². The molecule has 0 atom stereocenters. The average Bonchev–Trinajstić information content (AvgIpc) is 2.06. The molecule has 3 heteroatoms. The molecule has 15 heavy (non-hydrogen) atoms. The summed E-state index contributed by atoms with van der Waals surface area (Å²) in [5, 5.41) is 0. The summed E-state index contributed by atoms with van der Waals surface area (Å²) in [6.07, 6.45) is 4.58. The van der Waals surface area contributed by atoms with Crippen molar-refractivity contribution in [3.05, 3.63) is 0 Å². The van der Waals surface area contributed by atoms with Gasteiger partial charge in [-0.05, 0) is 45.4 Å². The first-order chi connectivity index (χ1) is 6.72. The van der Waals surface area contributed by atoms with Crippen LogP contribution < -0.4 is 0 Å². The SMILES string of the molecule is CC1CCC(CS(=O)(=O)C(C)(C)C)CC1. The zero-order valence-corrected chi connectivity index (χ0v) is 11.2. The second-order valence-corrected chi connectivity index (χ2v) is 8.81. The highest BCUT2D eigenvalue weighted by Crippen LogP contribution is 2.31. The van der Waals surface area contributed by atoms with E-state index in [1.54, 1.807) is 20.8 Å². The highest BCUT2D eigenvalue weighted by molar-refractivity contribution is 7.92. The Hall–Kier alpha value is -0.0500. The third-order valence-electron chi connectivity index (χ3n) is 3.52. The summed E-state index contributed by atoms with van der Waals surface area (Å²) in [7, 11) is -2.91. The van der Waals surface area contributed by atoms with Crippen LogP contribution in [0.4, 0.5) is 0 Å². The van der Waals surface area contributed by atoms with Gasteiger partial charge in [0.2, 0.25) is 0 Å². The van der Waals surface area contributed by atoms with Gasteiger partial charge in [-0.1, -0.05) is 19.8 Å². The van der Waals surface area contributed by atoms with Crippen LogP contribution in [0.1, 0.15) is 53.4 Å². The number of rotatable bonds is 2. The fraction of sp³-hybridized carbons (Fsp3) is 1.00. The molecule has 0 N–H and O–H groups in total. The molecule has 2 nitrogen and oxygen atoms in total. The van der Waals surface area contributed by atoms with Crippen molar-refractivity contribution in [2.24, 2.45) is 11.8 Å². The Labute approximate surface area is 94.4 Å². The van der Waals surface area contributed by atoms with Gasteiger partial charge in [-0.3, -0.25) is 0 Å².